The van der Waals surface area contributed by atoms with E-state index in [0.717, 1.165) is 17.8 Å². The van der Waals surface area contributed by atoms with Crippen molar-refractivity contribution in [1.29, 1.82) is 0 Å². The fourth-order valence-corrected chi connectivity index (χ4v) is 3.20. The molecule has 0 atom stereocenters. The standard InChI is InChI=1S/C16H25N5/c1-16(2,3)20-8-5-12(6-9-20)10-13-11-14(17)21-15(19-13)4-7-18-21/h4,7,11-12H,5-6,8-10,17H2,1-3H3. The van der Waals surface area contributed by atoms with Crippen LogP contribution in [0, 0.1) is 5.92 Å². The quantitative estimate of drug-likeness (QED) is 0.921. The molecule has 3 rings (SSSR count). The molecule has 0 radical (unpaired) electrons. The summed E-state index contributed by atoms with van der Waals surface area (Å²) < 4.78 is 1.69. The van der Waals surface area contributed by atoms with Crippen molar-refractivity contribution in [3.05, 3.63) is 24.0 Å². The van der Waals surface area contributed by atoms with E-state index >= 15 is 0 Å². The maximum absolute atomic E-state index is 6.04. The van der Waals surface area contributed by atoms with E-state index in [1.165, 1.54) is 25.9 Å². The van der Waals surface area contributed by atoms with Crippen molar-refractivity contribution in [3.63, 3.8) is 0 Å². The van der Waals surface area contributed by atoms with Crippen molar-refractivity contribution < 1.29 is 0 Å². The predicted octanol–water partition coefficient (Wildman–Crippen LogP) is 2.36. The fraction of sp³-hybridized carbons (Fsp3) is 0.625. The van der Waals surface area contributed by atoms with Crippen LogP contribution in [0.25, 0.3) is 5.65 Å². The lowest BCUT2D eigenvalue weighted by atomic mass is 9.89. The highest BCUT2D eigenvalue weighted by atomic mass is 15.3. The van der Waals surface area contributed by atoms with Gasteiger partial charge in [-0.1, -0.05) is 0 Å². The van der Waals surface area contributed by atoms with Crippen LogP contribution in [-0.2, 0) is 6.42 Å². The minimum absolute atomic E-state index is 0.282. The Morgan fingerprint density at radius 3 is 2.67 bits per heavy atom. The number of aromatic nitrogens is 3. The second-order valence-electron chi connectivity index (χ2n) is 7.08. The zero-order chi connectivity index (χ0) is 15.0. The van der Waals surface area contributed by atoms with Crippen LogP contribution in [0.5, 0.6) is 0 Å². The number of nitrogens with zero attached hydrogens (tertiary/aromatic N) is 4. The van der Waals surface area contributed by atoms with Crippen molar-refractivity contribution in [2.45, 2.75) is 45.6 Å². The molecule has 2 aromatic heterocycles. The predicted molar refractivity (Wildman–Crippen MR) is 85.2 cm³/mol. The van der Waals surface area contributed by atoms with Crippen LogP contribution in [0.15, 0.2) is 18.3 Å². The van der Waals surface area contributed by atoms with Gasteiger partial charge in [-0.05, 0) is 59.0 Å². The first-order valence-electron chi connectivity index (χ1n) is 7.78. The maximum Gasteiger partial charge on any atom is 0.157 e. The van der Waals surface area contributed by atoms with Gasteiger partial charge in [0, 0.05) is 23.4 Å². The third-order valence-corrected chi connectivity index (χ3v) is 4.50. The van der Waals surface area contributed by atoms with Crippen LogP contribution in [0.2, 0.25) is 0 Å². The Bertz CT molecular complexity index is 617. The Morgan fingerprint density at radius 1 is 1.29 bits per heavy atom. The molecule has 0 aromatic carbocycles. The third-order valence-electron chi connectivity index (χ3n) is 4.50. The van der Waals surface area contributed by atoms with Gasteiger partial charge in [-0.2, -0.15) is 9.61 Å². The molecule has 1 fully saturated rings. The molecular formula is C16H25N5. The molecular weight excluding hydrogens is 262 g/mol. The highest BCUT2D eigenvalue weighted by molar-refractivity contribution is 5.46. The normalized spacial score (nSPS) is 18.4. The van der Waals surface area contributed by atoms with E-state index in [2.05, 4.69) is 35.8 Å². The van der Waals surface area contributed by atoms with E-state index < -0.39 is 0 Å². The van der Waals surface area contributed by atoms with Gasteiger partial charge in [0.15, 0.2) is 5.65 Å². The van der Waals surface area contributed by atoms with Gasteiger partial charge in [0.05, 0.1) is 6.20 Å². The molecule has 21 heavy (non-hydrogen) atoms. The number of fused-ring (bicyclic) bond motifs is 1. The highest BCUT2D eigenvalue weighted by Gasteiger charge is 2.27. The zero-order valence-electron chi connectivity index (χ0n) is 13.2. The third kappa shape index (κ3) is 3.02. The van der Waals surface area contributed by atoms with Gasteiger partial charge in [0.1, 0.15) is 5.82 Å². The Labute approximate surface area is 126 Å². The molecule has 0 aliphatic carbocycles. The van der Waals surface area contributed by atoms with E-state index in [-0.39, 0.29) is 5.54 Å². The van der Waals surface area contributed by atoms with Crippen LogP contribution in [0.1, 0.15) is 39.3 Å². The molecule has 0 amide bonds. The Balaban J connectivity index is 1.67. The highest BCUT2D eigenvalue weighted by Crippen LogP contribution is 2.26. The topological polar surface area (TPSA) is 59.5 Å². The monoisotopic (exact) mass is 287 g/mol. The lowest BCUT2D eigenvalue weighted by molar-refractivity contribution is 0.0874. The number of piperidine rings is 1. The summed E-state index contributed by atoms with van der Waals surface area (Å²) in [5, 5.41) is 4.17. The van der Waals surface area contributed by atoms with Gasteiger partial charge in [-0.3, -0.25) is 4.90 Å². The van der Waals surface area contributed by atoms with Crippen molar-refractivity contribution in [2.75, 3.05) is 18.8 Å². The van der Waals surface area contributed by atoms with E-state index in [4.69, 9.17) is 5.73 Å². The zero-order valence-corrected chi connectivity index (χ0v) is 13.2. The van der Waals surface area contributed by atoms with Gasteiger partial charge in [-0.25, -0.2) is 4.98 Å². The summed E-state index contributed by atoms with van der Waals surface area (Å²) in [5.74, 6) is 1.38. The lowest BCUT2D eigenvalue weighted by Gasteiger charge is -2.40. The minimum Gasteiger partial charge on any atom is -0.384 e. The second kappa shape index (κ2) is 5.30. The summed E-state index contributed by atoms with van der Waals surface area (Å²) >= 11 is 0. The van der Waals surface area contributed by atoms with Crippen LogP contribution in [0.4, 0.5) is 5.82 Å². The number of anilines is 1. The summed E-state index contributed by atoms with van der Waals surface area (Å²) in [4.78, 5) is 7.24. The van der Waals surface area contributed by atoms with E-state index in [0.29, 0.717) is 11.7 Å². The van der Waals surface area contributed by atoms with Crippen molar-refractivity contribution in [2.24, 2.45) is 5.92 Å². The Kier molecular flexibility index (Phi) is 3.61. The molecule has 0 unspecified atom stereocenters. The van der Waals surface area contributed by atoms with Crippen LogP contribution in [-0.4, -0.2) is 38.1 Å². The van der Waals surface area contributed by atoms with Crippen molar-refractivity contribution in [1.82, 2.24) is 19.5 Å². The number of hydrogen-bond acceptors (Lipinski definition) is 4. The minimum atomic E-state index is 0.282. The average molecular weight is 287 g/mol. The number of nitrogen functional groups attached to an aromatic ring is 1. The van der Waals surface area contributed by atoms with Crippen molar-refractivity contribution >= 4 is 11.5 Å². The Morgan fingerprint density at radius 2 is 2.00 bits per heavy atom. The first kappa shape index (κ1) is 14.3. The summed E-state index contributed by atoms with van der Waals surface area (Å²) in [7, 11) is 0. The van der Waals surface area contributed by atoms with E-state index in [9.17, 15) is 0 Å². The van der Waals surface area contributed by atoms with E-state index in [1.54, 1.807) is 10.7 Å². The number of likely N-dealkylation sites (tertiary alicyclic amines) is 1. The first-order valence-corrected chi connectivity index (χ1v) is 7.78. The van der Waals surface area contributed by atoms with Crippen LogP contribution in [0.3, 0.4) is 0 Å². The fourth-order valence-electron chi connectivity index (χ4n) is 3.20. The summed E-state index contributed by atoms with van der Waals surface area (Å²) in [5.41, 5.74) is 8.26. The molecule has 0 spiro atoms. The number of nitrogens with two attached hydrogens (primary N) is 1. The summed E-state index contributed by atoms with van der Waals surface area (Å²) in [6, 6.07) is 3.87. The van der Waals surface area contributed by atoms with Gasteiger partial charge in [0.25, 0.3) is 0 Å². The lowest BCUT2D eigenvalue weighted by Crippen LogP contribution is -2.46. The molecule has 3 heterocycles. The van der Waals surface area contributed by atoms with Crippen LogP contribution < -0.4 is 5.73 Å². The first-order chi connectivity index (χ1) is 9.93. The Hall–Kier alpha value is -1.62. The molecule has 1 saturated heterocycles. The summed E-state index contributed by atoms with van der Waals surface area (Å²) in [6.45, 7) is 9.24. The van der Waals surface area contributed by atoms with Gasteiger partial charge >= 0.3 is 0 Å². The smallest absolute Gasteiger partial charge is 0.157 e. The molecule has 1 aliphatic rings. The molecule has 5 nitrogen and oxygen atoms in total. The SMILES string of the molecule is CC(C)(C)N1CCC(Cc2cc(N)n3nccc3n2)CC1. The number of rotatable bonds is 2. The molecule has 2 aromatic rings. The molecule has 1 aliphatic heterocycles. The molecule has 0 saturated carbocycles. The van der Waals surface area contributed by atoms with Gasteiger partial charge in [-0.15, -0.1) is 0 Å². The van der Waals surface area contributed by atoms with Gasteiger partial charge in [0.2, 0.25) is 0 Å². The number of hydrogen-bond donors (Lipinski definition) is 1. The van der Waals surface area contributed by atoms with E-state index in [1.807, 2.05) is 12.1 Å². The molecule has 114 valence electrons. The van der Waals surface area contributed by atoms with Gasteiger partial charge < -0.3 is 5.73 Å². The van der Waals surface area contributed by atoms with Crippen molar-refractivity contribution in [3.8, 4) is 0 Å². The average Bonchev–Trinajstić information content (AvgIpc) is 2.87. The maximum atomic E-state index is 6.04. The second-order valence-corrected chi connectivity index (χ2v) is 7.08. The molecule has 2 N–H and O–H groups in total. The molecule has 5 heteroatoms. The van der Waals surface area contributed by atoms with Crippen LogP contribution >= 0.6 is 0 Å². The molecule has 0 bridgehead atoms. The largest absolute Gasteiger partial charge is 0.384 e. The summed E-state index contributed by atoms with van der Waals surface area (Å²) in [6.07, 6.45) is 5.24.